The molecule has 0 saturated carbocycles. The van der Waals surface area contributed by atoms with Crippen LogP contribution >= 0.6 is 0 Å². The highest BCUT2D eigenvalue weighted by Gasteiger charge is 2.28. The van der Waals surface area contributed by atoms with Gasteiger partial charge in [0.15, 0.2) is 0 Å². The number of benzene rings is 1. The first-order valence-electron chi connectivity index (χ1n) is 5.77. The molecule has 5 nitrogen and oxygen atoms in total. The molecular weight excluding hydrogens is 269 g/mol. The van der Waals surface area contributed by atoms with Gasteiger partial charge in [0.25, 0.3) is 10.0 Å². The maximum Gasteiger partial charge on any atom is 0.261 e. The Labute approximate surface area is 111 Å². The van der Waals surface area contributed by atoms with E-state index >= 15 is 0 Å². The van der Waals surface area contributed by atoms with Crippen LogP contribution in [0.5, 0.6) is 0 Å². The van der Waals surface area contributed by atoms with Crippen molar-refractivity contribution in [2.24, 2.45) is 7.05 Å². The summed E-state index contributed by atoms with van der Waals surface area (Å²) in [7, 11) is -2.29. The monoisotopic (exact) mass is 285 g/mol. The molecule has 1 aromatic heterocycles. The minimum Gasteiger partial charge on any atom is -0.266 e. The van der Waals surface area contributed by atoms with E-state index in [2.05, 4.69) is 9.82 Å². The second kappa shape index (κ2) is 4.28. The van der Waals surface area contributed by atoms with Crippen molar-refractivity contribution in [2.45, 2.75) is 31.3 Å². The lowest BCUT2D eigenvalue weighted by Gasteiger charge is -2.19. The van der Waals surface area contributed by atoms with Gasteiger partial charge in [-0.3, -0.25) is 4.68 Å². The third-order valence-corrected chi connectivity index (χ3v) is 4.17. The number of nitrogens with zero attached hydrogens (tertiary/aromatic N) is 2. The quantitative estimate of drug-likeness (QED) is 0.915. The van der Waals surface area contributed by atoms with Gasteiger partial charge in [0.05, 0.1) is 10.9 Å². The van der Waals surface area contributed by atoms with E-state index in [1.54, 1.807) is 33.9 Å². The minimum atomic E-state index is -3.87. The Morgan fingerprint density at radius 2 is 1.95 bits per heavy atom. The summed E-state index contributed by atoms with van der Waals surface area (Å²) in [6.07, 6.45) is 0. The first-order chi connectivity index (χ1) is 8.62. The zero-order valence-electron chi connectivity index (χ0n) is 11.2. The molecule has 0 amide bonds. The summed E-state index contributed by atoms with van der Waals surface area (Å²) >= 11 is 0. The molecule has 0 bridgehead atoms. The molecule has 0 atom stereocenters. The van der Waals surface area contributed by atoms with Crippen molar-refractivity contribution in [1.29, 1.82) is 0 Å². The third-order valence-electron chi connectivity index (χ3n) is 2.49. The van der Waals surface area contributed by atoms with Crippen LogP contribution in [0.25, 0.3) is 10.9 Å². The molecule has 0 fully saturated rings. The van der Waals surface area contributed by atoms with Gasteiger partial charge in [-0.05, 0) is 32.9 Å². The first-order valence-corrected chi connectivity index (χ1v) is 7.25. The normalized spacial score (nSPS) is 13.1. The highest BCUT2D eigenvalue weighted by molar-refractivity contribution is 7.89. The molecule has 1 heterocycles. The van der Waals surface area contributed by atoms with Crippen molar-refractivity contribution >= 4 is 20.9 Å². The van der Waals surface area contributed by atoms with Gasteiger partial charge in [0.2, 0.25) is 5.03 Å². The Bertz CT molecular complexity index is 729. The molecule has 0 unspecified atom stereocenters. The van der Waals surface area contributed by atoms with Crippen LogP contribution in [0.2, 0.25) is 0 Å². The van der Waals surface area contributed by atoms with Crippen LogP contribution in [0.3, 0.4) is 0 Å². The van der Waals surface area contributed by atoms with Crippen LogP contribution in [-0.2, 0) is 17.1 Å². The molecule has 1 aromatic carbocycles. The van der Waals surface area contributed by atoms with Crippen molar-refractivity contribution in [3.8, 4) is 0 Å². The Morgan fingerprint density at radius 1 is 1.32 bits per heavy atom. The molecule has 0 saturated heterocycles. The molecule has 0 aliphatic carbocycles. The zero-order valence-corrected chi connectivity index (χ0v) is 12.0. The molecule has 0 aliphatic rings. The van der Waals surface area contributed by atoms with Gasteiger partial charge in [-0.15, -0.1) is 0 Å². The van der Waals surface area contributed by atoms with E-state index in [1.807, 2.05) is 0 Å². The Balaban J connectivity index is 2.71. The number of hydrogen-bond acceptors (Lipinski definition) is 3. The van der Waals surface area contributed by atoms with Crippen LogP contribution in [-0.4, -0.2) is 23.7 Å². The number of hydrogen-bond donors (Lipinski definition) is 1. The summed E-state index contributed by atoms with van der Waals surface area (Å²) in [5, 5.41) is 3.67. The molecule has 104 valence electrons. The summed E-state index contributed by atoms with van der Waals surface area (Å²) < 4.78 is 42.3. The Hall–Kier alpha value is -1.47. The first kappa shape index (κ1) is 14.0. The fourth-order valence-corrected chi connectivity index (χ4v) is 3.48. The minimum absolute atomic E-state index is 0.0155. The molecule has 1 N–H and O–H groups in total. The van der Waals surface area contributed by atoms with Crippen molar-refractivity contribution in [1.82, 2.24) is 14.5 Å². The average molecular weight is 285 g/mol. The molecule has 7 heteroatoms. The van der Waals surface area contributed by atoms with E-state index in [9.17, 15) is 12.8 Å². The molecular formula is C12H16FN3O2S. The second-order valence-electron chi connectivity index (χ2n) is 5.42. The smallest absolute Gasteiger partial charge is 0.261 e. The predicted octanol–water partition coefficient (Wildman–Crippen LogP) is 1.79. The fourth-order valence-electron chi connectivity index (χ4n) is 1.87. The number of sulfonamides is 1. The van der Waals surface area contributed by atoms with E-state index < -0.39 is 21.4 Å². The number of aryl methyl sites for hydroxylation is 1. The second-order valence-corrected chi connectivity index (χ2v) is 7.02. The van der Waals surface area contributed by atoms with Crippen LogP contribution in [0.4, 0.5) is 4.39 Å². The largest absolute Gasteiger partial charge is 0.266 e. The summed E-state index contributed by atoms with van der Waals surface area (Å²) in [6, 6.07) is 4.37. The van der Waals surface area contributed by atoms with Crippen molar-refractivity contribution in [3.05, 3.63) is 24.0 Å². The predicted molar refractivity (Wildman–Crippen MR) is 70.7 cm³/mol. The van der Waals surface area contributed by atoms with Crippen LogP contribution in [0.1, 0.15) is 20.8 Å². The van der Waals surface area contributed by atoms with Gasteiger partial charge in [0, 0.05) is 12.6 Å². The molecule has 0 spiro atoms. The third kappa shape index (κ3) is 2.62. The van der Waals surface area contributed by atoms with E-state index in [4.69, 9.17) is 0 Å². The van der Waals surface area contributed by atoms with E-state index in [0.717, 1.165) is 0 Å². The standard InChI is InChI=1S/C12H16FN3O2S/c1-12(2,3)15-19(17,18)11-10-8(13)6-5-7-9(10)16(4)14-11/h5-7,15H,1-4H3. The van der Waals surface area contributed by atoms with Gasteiger partial charge in [-0.2, -0.15) is 5.10 Å². The summed E-state index contributed by atoms with van der Waals surface area (Å²) in [6.45, 7) is 5.14. The highest BCUT2D eigenvalue weighted by Crippen LogP contribution is 2.25. The maximum absolute atomic E-state index is 13.9. The van der Waals surface area contributed by atoms with E-state index in [-0.39, 0.29) is 10.4 Å². The van der Waals surface area contributed by atoms with E-state index in [1.165, 1.54) is 16.8 Å². The molecule has 0 radical (unpaired) electrons. The summed E-state index contributed by atoms with van der Waals surface area (Å²) in [5.74, 6) is -0.597. The number of fused-ring (bicyclic) bond motifs is 1. The fraction of sp³-hybridized carbons (Fsp3) is 0.417. The Morgan fingerprint density at radius 3 is 2.53 bits per heavy atom. The van der Waals surface area contributed by atoms with Gasteiger partial charge in [0.1, 0.15) is 5.82 Å². The number of nitrogens with one attached hydrogen (secondary N) is 1. The lowest BCUT2D eigenvalue weighted by atomic mass is 10.1. The topological polar surface area (TPSA) is 64.0 Å². The van der Waals surface area contributed by atoms with Crippen molar-refractivity contribution < 1.29 is 12.8 Å². The molecule has 2 aromatic rings. The maximum atomic E-state index is 13.9. The molecule has 19 heavy (non-hydrogen) atoms. The molecule has 2 rings (SSSR count). The van der Waals surface area contributed by atoms with Gasteiger partial charge >= 0.3 is 0 Å². The average Bonchev–Trinajstić information content (AvgIpc) is 2.55. The number of halogens is 1. The van der Waals surface area contributed by atoms with Crippen molar-refractivity contribution in [3.63, 3.8) is 0 Å². The van der Waals surface area contributed by atoms with Crippen molar-refractivity contribution in [2.75, 3.05) is 0 Å². The van der Waals surface area contributed by atoms with Crippen LogP contribution < -0.4 is 4.72 Å². The number of aromatic nitrogens is 2. The molecule has 0 aliphatic heterocycles. The van der Waals surface area contributed by atoms with Gasteiger partial charge < -0.3 is 0 Å². The zero-order chi connectivity index (χ0) is 14.4. The highest BCUT2D eigenvalue weighted by atomic mass is 32.2. The van der Waals surface area contributed by atoms with Gasteiger partial charge in [-0.1, -0.05) is 6.07 Å². The number of rotatable bonds is 2. The summed E-state index contributed by atoms with van der Waals surface area (Å²) in [4.78, 5) is 0. The van der Waals surface area contributed by atoms with Gasteiger partial charge in [-0.25, -0.2) is 17.5 Å². The van der Waals surface area contributed by atoms with Crippen LogP contribution in [0, 0.1) is 5.82 Å². The lowest BCUT2D eigenvalue weighted by Crippen LogP contribution is -2.40. The lowest BCUT2D eigenvalue weighted by molar-refractivity contribution is 0.488. The van der Waals surface area contributed by atoms with E-state index in [0.29, 0.717) is 5.52 Å². The summed E-state index contributed by atoms with van der Waals surface area (Å²) in [5.41, 5.74) is -0.220. The Kier molecular flexibility index (Phi) is 3.14. The van der Waals surface area contributed by atoms with Crippen LogP contribution in [0.15, 0.2) is 23.2 Å². The SMILES string of the molecule is Cn1nc(S(=O)(=O)NC(C)(C)C)c2c(F)cccc21.